The number of carbonyl (C=O) groups is 1. The van der Waals surface area contributed by atoms with Gasteiger partial charge in [-0.3, -0.25) is 14.4 Å². The number of aromatic hydroxyl groups is 1. The molecule has 36 heavy (non-hydrogen) atoms. The van der Waals surface area contributed by atoms with Crippen LogP contribution in [0, 0.1) is 6.92 Å². The van der Waals surface area contributed by atoms with E-state index in [-0.39, 0.29) is 30.1 Å². The number of fused-ring (bicyclic) bond motifs is 2. The number of ether oxygens (including phenoxy) is 3. The molecule has 186 valence electrons. The number of nitrogens with one attached hydrogen (secondary N) is 2. The van der Waals surface area contributed by atoms with Crippen molar-refractivity contribution in [3.05, 3.63) is 80.0 Å². The number of esters is 1. The molecule has 1 atom stereocenters. The van der Waals surface area contributed by atoms with E-state index in [2.05, 4.69) is 15.0 Å². The van der Waals surface area contributed by atoms with Crippen molar-refractivity contribution < 1.29 is 24.1 Å². The molecule has 0 spiro atoms. The monoisotopic (exact) mass is 492 g/mol. The molecule has 0 bridgehead atoms. The summed E-state index contributed by atoms with van der Waals surface area (Å²) in [6, 6.07) is 6.42. The van der Waals surface area contributed by atoms with E-state index < -0.39 is 23.0 Å². The molecule has 11 heteroatoms. The molecule has 0 aliphatic carbocycles. The quantitative estimate of drug-likeness (QED) is 0.332. The van der Waals surface area contributed by atoms with Crippen molar-refractivity contribution in [3.8, 4) is 17.2 Å². The van der Waals surface area contributed by atoms with Crippen LogP contribution in [0.2, 0.25) is 0 Å². The van der Waals surface area contributed by atoms with Crippen LogP contribution in [0.5, 0.6) is 17.2 Å². The average Bonchev–Trinajstić information content (AvgIpc) is 3.53. The van der Waals surface area contributed by atoms with Crippen molar-refractivity contribution >= 4 is 16.9 Å². The van der Waals surface area contributed by atoms with Crippen LogP contribution in [0.25, 0.3) is 10.9 Å². The first kappa shape index (κ1) is 23.2. The topological polar surface area (TPSA) is 149 Å². The van der Waals surface area contributed by atoms with Crippen molar-refractivity contribution in [2.75, 3.05) is 13.9 Å². The molecule has 4 aromatic rings. The number of benzene rings is 1. The molecular weight excluding hydrogens is 468 g/mol. The fourth-order valence-electron chi connectivity index (χ4n) is 4.52. The first-order chi connectivity index (χ1) is 17.4. The molecule has 0 amide bonds. The van der Waals surface area contributed by atoms with Gasteiger partial charge in [0.05, 0.1) is 30.9 Å². The highest BCUT2D eigenvalue weighted by atomic mass is 16.7. The molecule has 1 aromatic carbocycles. The van der Waals surface area contributed by atoms with Gasteiger partial charge in [-0.05, 0) is 25.1 Å². The second kappa shape index (κ2) is 9.25. The van der Waals surface area contributed by atoms with Gasteiger partial charge >= 0.3 is 5.97 Å². The molecule has 0 radical (unpaired) electrons. The van der Waals surface area contributed by atoms with Gasteiger partial charge in [-0.2, -0.15) is 0 Å². The third-order valence-corrected chi connectivity index (χ3v) is 6.37. The van der Waals surface area contributed by atoms with Crippen LogP contribution in [-0.2, 0) is 22.5 Å². The number of aryl methyl sites for hydroxylation is 2. The van der Waals surface area contributed by atoms with Gasteiger partial charge in [0.2, 0.25) is 6.79 Å². The van der Waals surface area contributed by atoms with Crippen molar-refractivity contribution in [3.63, 3.8) is 0 Å². The van der Waals surface area contributed by atoms with Crippen LogP contribution in [-0.4, -0.2) is 44.5 Å². The van der Waals surface area contributed by atoms with Gasteiger partial charge in [-0.25, -0.2) is 4.98 Å². The number of aromatic nitrogens is 4. The predicted molar refractivity (Wildman–Crippen MR) is 129 cm³/mol. The first-order valence-corrected chi connectivity index (χ1v) is 11.3. The summed E-state index contributed by atoms with van der Waals surface area (Å²) in [5, 5.41) is 11.5. The summed E-state index contributed by atoms with van der Waals surface area (Å²) in [6.07, 6.45) is 3.40. The van der Waals surface area contributed by atoms with Gasteiger partial charge in [0.15, 0.2) is 11.5 Å². The number of imidazole rings is 1. The number of nitrogens with zero attached hydrogens (tertiary/aromatic N) is 2. The lowest BCUT2D eigenvalue weighted by molar-refractivity contribution is -0.140. The Kier molecular flexibility index (Phi) is 5.96. The number of H-pyrrole nitrogens is 2. The molecule has 4 heterocycles. The average molecular weight is 492 g/mol. The first-order valence-electron chi connectivity index (χ1n) is 11.3. The Hall–Kier alpha value is -4.54. The summed E-state index contributed by atoms with van der Waals surface area (Å²) < 4.78 is 17.2. The summed E-state index contributed by atoms with van der Waals surface area (Å²) >= 11 is 0. The highest BCUT2D eigenvalue weighted by molar-refractivity contribution is 5.84. The zero-order valence-corrected chi connectivity index (χ0v) is 19.7. The smallest absolute Gasteiger partial charge is 0.306 e. The van der Waals surface area contributed by atoms with Gasteiger partial charge in [0.25, 0.3) is 11.1 Å². The minimum Gasteiger partial charge on any atom is -0.507 e. The van der Waals surface area contributed by atoms with E-state index in [1.807, 2.05) is 0 Å². The zero-order chi connectivity index (χ0) is 25.4. The number of hydrogen-bond acceptors (Lipinski definition) is 8. The van der Waals surface area contributed by atoms with Gasteiger partial charge < -0.3 is 33.9 Å². The van der Waals surface area contributed by atoms with Crippen LogP contribution in [0.15, 0.2) is 46.4 Å². The molecule has 1 unspecified atom stereocenters. The maximum atomic E-state index is 13.7. The summed E-state index contributed by atoms with van der Waals surface area (Å²) in [5.41, 5.74) is 0.980. The molecule has 5 rings (SSSR count). The second-order valence-corrected chi connectivity index (χ2v) is 8.55. The minimum atomic E-state index is -1.05. The van der Waals surface area contributed by atoms with Crippen molar-refractivity contribution in [2.24, 2.45) is 0 Å². The van der Waals surface area contributed by atoms with Gasteiger partial charge in [0.1, 0.15) is 5.75 Å². The van der Waals surface area contributed by atoms with E-state index >= 15 is 0 Å². The SMILES string of the molecule is COC(=O)CC(c1cc2cc3c(cc2[nH]c1=O)OCO3)c1c(O)cc(C)n(CCc2cnc[nH]2)c1=O. The molecular formula is C25H24N4O7. The van der Waals surface area contributed by atoms with Crippen molar-refractivity contribution in [2.45, 2.75) is 32.2 Å². The van der Waals surface area contributed by atoms with E-state index in [0.29, 0.717) is 41.1 Å². The Bertz CT molecular complexity index is 1570. The van der Waals surface area contributed by atoms with Crippen molar-refractivity contribution in [1.82, 2.24) is 19.5 Å². The van der Waals surface area contributed by atoms with E-state index in [0.717, 1.165) is 5.69 Å². The summed E-state index contributed by atoms with van der Waals surface area (Å²) in [4.78, 5) is 49.0. The van der Waals surface area contributed by atoms with E-state index in [9.17, 15) is 19.5 Å². The van der Waals surface area contributed by atoms with Crippen LogP contribution < -0.4 is 20.6 Å². The lowest BCUT2D eigenvalue weighted by Gasteiger charge is -2.20. The Morgan fingerprint density at radius 2 is 2.00 bits per heavy atom. The predicted octanol–water partition coefficient (Wildman–Crippen LogP) is 2.09. The number of pyridine rings is 2. The Morgan fingerprint density at radius 1 is 1.22 bits per heavy atom. The lowest BCUT2D eigenvalue weighted by Crippen LogP contribution is -2.31. The lowest BCUT2D eigenvalue weighted by atomic mass is 9.88. The maximum Gasteiger partial charge on any atom is 0.306 e. The Morgan fingerprint density at radius 3 is 2.72 bits per heavy atom. The summed E-state index contributed by atoms with van der Waals surface area (Å²) in [5.74, 6) is -0.955. The summed E-state index contributed by atoms with van der Waals surface area (Å²) in [7, 11) is 1.22. The molecule has 11 nitrogen and oxygen atoms in total. The number of carbonyl (C=O) groups excluding carboxylic acids is 1. The molecule has 3 N–H and O–H groups in total. The second-order valence-electron chi connectivity index (χ2n) is 8.55. The fraction of sp³-hybridized carbons (Fsp3) is 0.280. The summed E-state index contributed by atoms with van der Waals surface area (Å²) in [6.45, 7) is 2.09. The largest absolute Gasteiger partial charge is 0.507 e. The van der Waals surface area contributed by atoms with Gasteiger partial charge in [-0.15, -0.1) is 0 Å². The molecule has 0 fully saturated rings. The fourth-order valence-corrected chi connectivity index (χ4v) is 4.52. The third-order valence-electron chi connectivity index (χ3n) is 6.37. The number of methoxy groups -OCH3 is 1. The molecule has 0 saturated carbocycles. The zero-order valence-electron chi connectivity index (χ0n) is 19.7. The number of aromatic amines is 2. The highest BCUT2D eigenvalue weighted by Crippen LogP contribution is 2.37. The maximum absolute atomic E-state index is 13.7. The van der Waals surface area contributed by atoms with E-state index in [1.165, 1.54) is 17.7 Å². The highest BCUT2D eigenvalue weighted by Gasteiger charge is 2.29. The number of rotatable bonds is 7. The minimum absolute atomic E-state index is 0.0544. The molecule has 0 saturated heterocycles. The van der Waals surface area contributed by atoms with Crippen LogP contribution in [0.4, 0.5) is 0 Å². The Labute approximate surface area is 204 Å². The third kappa shape index (κ3) is 4.19. The van der Waals surface area contributed by atoms with Gasteiger partial charge in [0, 0.05) is 53.5 Å². The standard InChI is InChI=1S/C25H24N4O7/c1-13-5-19(30)23(25(33)29(13)4-3-15-10-26-11-27-15)16(8-22(31)34-2)17-6-14-7-20-21(36-12-35-20)9-18(14)28-24(17)32/h5-7,9-11,16,30H,3-4,8,12H2,1-2H3,(H,26,27)(H,28,32). The van der Waals surface area contributed by atoms with Gasteiger partial charge in [-0.1, -0.05) is 0 Å². The van der Waals surface area contributed by atoms with E-state index in [1.54, 1.807) is 37.6 Å². The molecule has 3 aromatic heterocycles. The van der Waals surface area contributed by atoms with Crippen LogP contribution in [0.3, 0.4) is 0 Å². The van der Waals surface area contributed by atoms with Crippen LogP contribution in [0.1, 0.15) is 34.9 Å². The Balaban J connectivity index is 1.65. The van der Waals surface area contributed by atoms with Crippen LogP contribution >= 0.6 is 0 Å². The normalized spacial score (nSPS) is 13.2. The van der Waals surface area contributed by atoms with Crippen molar-refractivity contribution in [1.29, 1.82) is 0 Å². The molecule has 1 aliphatic heterocycles. The number of hydrogen-bond donors (Lipinski definition) is 3. The van der Waals surface area contributed by atoms with E-state index in [4.69, 9.17) is 14.2 Å². The molecule has 1 aliphatic rings.